The molecule has 2 fully saturated rings. The predicted molar refractivity (Wildman–Crippen MR) is 172 cm³/mol. The average Bonchev–Trinajstić information content (AvgIpc) is 3.56. The number of hydrogen-bond donors (Lipinski definition) is 2. The van der Waals surface area contributed by atoms with Crippen molar-refractivity contribution in [2.75, 3.05) is 25.2 Å². The Morgan fingerprint density at radius 1 is 0.812 bits per heavy atom. The minimum atomic E-state index is -1.89. The van der Waals surface area contributed by atoms with Crippen molar-refractivity contribution in [1.29, 1.82) is 0 Å². The summed E-state index contributed by atoms with van der Waals surface area (Å²) in [6.07, 6.45) is -1.80. The molecule has 0 unspecified atom stereocenters. The van der Waals surface area contributed by atoms with Crippen molar-refractivity contribution in [3.63, 3.8) is 0 Å². The van der Waals surface area contributed by atoms with E-state index in [0.717, 1.165) is 10.5 Å². The molecule has 3 aliphatic heterocycles. The molecule has 0 saturated carbocycles. The van der Waals surface area contributed by atoms with Crippen LogP contribution in [0, 0.1) is 5.92 Å². The number of benzene rings is 4. The van der Waals surface area contributed by atoms with Gasteiger partial charge in [0.05, 0.1) is 30.3 Å². The number of hydrogen-bond acceptors (Lipinski definition) is 9. The van der Waals surface area contributed by atoms with Gasteiger partial charge in [-0.3, -0.25) is 19.3 Å². The maximum absolute atomic E-state index is 15.2. The number of primary amides is 1. The molecular weight excluding hydrogens is 614 g/mol. The fraction of sp³-hybridized carbons (Fsp3) is 0.243. The standard InChI is InChI=1S/C37H33N3O8/c1-46-20-21-47-36(45)39-27-15-9-8-14-26(27)37(35(39)44)28(33(38)42)30-34(43)48-31(23-12-6-3-7-13-23)29(22-10-4-2-5-11-22)40(30)32(37)24-16-18-25(41)19-17-24/h2-19,28-32,41H,20-21H2,1H3,(H2,38,42)/t28-,29-,30-,31+,32+,37-/m1/s1. The number of para-hydroxylation sites is 1. The van der Waals surface area contributed by atoms with E-state index in [1.165, 1.54) is 19.2 Å². The first kappa shape index (κ1) is 31.1. The van der Waals surface area contributed by atoms with E-state index in [4.69, 9.17) is 19.9 Å². The first-order valence-corrected chi connectivity index (χ1v) is 15.6. The lowest BCUT2D eigenvalue weighted by molar-refractivity contribution is -0.178. The van der Waals surface area contributed by atoms with E-state index in [0.29, 0.717) is 16.7 Å². The molecule has 6 atom stereocenters. The number of imide groups is 1. The Morgan fingerprint density at radius 3 is 2.08 bits per heavy atom. The van der Waals surface area contributed by atoms with Gasteiger partial charge in [0, 0.05) is 7.11 Å². The van der Waals surface area contributed by atoms with Gasteiger partial charge in [0.15, 0.2) is 0 Å². The number of rotatable bonds is 7. The van der Waals surface area contributed by atoms with Gasteiger partial charge in [0.1, 0.15) is 29.9 Å². The third-order valence-electron chi connectivity index (χ3n) is 9.58. The Labute approximate surface area is 276 Å². The Kier molecular flexibility index (Phi) is 7.94. The van der Waals surface area contributed by atoms with Crippen LogP contribution in [-0.4, -0.2) is 60.2 Å². The molecule has 244 valence electrons. The number of methoxy groups -OCH3 is 1. The lowest BCUT2D eigenvalue weighted by Gasteiger charge is -2.46. The third kappa shape index (κ3) is 4.65. The zero-order valence-electron chi connectivity index (χ0n) is 26.0. The summed E-state index contributed by atoms with van der Waals surface area (Å²) in [6.45, 7) is -0.0211. The number of esters is 1. The van der Waals surface area contributed by atoms with Gasteiger partial charge in [-0.25, -0.2) is 9.69 Å². The fourth-order valence-corrected chi connectivity index (χ4v) is 7.81. The number of aromatic hydroxyl groups is 1. The van der Waals surface area contributed by atoms with Gasteiger partial charge < -0.3 is 25.1 Å². The van der Waals surface area contributed by atoms with Gasteiger partial charge in [-0.1, -0.05) is 91.0 Å². The molecule has 4 aromatic rings. The number of fused-ring (bicyclic) bond motifs is 3. The van der Waals surface area contributed by atoms with E-state index in [2.05, 4.69) is 0 Å². The van der Waals surface area contributed by atoms with Gasteiger partial charge in [0.25, 0.3) is 0 Å². The van der Waals surface area contributed by atoms with E-state index < -0.39 is 59.4 Å². The minimum Gasteiger partial charge on any atom is -0.508 e. The van der Waals surface area contributed by atoms with Crippen LogP contribution in [0.5, 0.6) is 5.75 Å². The monoisotopic (exact) mass is 647 g/mol. The second kappa shape index (κ2) is 12.3. The molecule has 3 aliphatic rings. The Bertz CT molecular complexity index is 1870. The van der Waals surface area contributed by atoms with Crippen molar-refractivity contribution in [2.45, 2.75) is 29.6 Å². The maximum Gasteiger partial charge on any atom is 0.421 e. The average molecular weight is 648 g/mol. The molecule has 11 heteroatoms. The van der Waals surface area contributed by atoms with Crippen molar-refractivity contribution < 1.29 is 38.5 Å². The topological polar surface area (TPSA) is 149 Å². The number of nitrogens with zero attached hydrogens (tertiary/aromatic N) is 2. The van der Waals surface area contributed by atoms with E-state index in [1.807, 2.05) is 65.6 Å². The molecule has 0 aliphatic carbocycles. The van der Waals surface area contributed by atoms with Crippen LogP contribution in [0.2, 0.25) is 0 Å². The Balaban J connectivity index is 1.53. The number of carbonyl (C=O) groups excluding carboxylic acids is 4. The Morgan fingerprint density at radius 2 is 1.44 bits per heavy atom. The molecule has 4 aromatic carbocycles. The van der Waals surface area contributed by atoms with Crippen molar-refractivity contribution >= 4 is 29.6 Å². The van der Waals surface area contributed by atoms with E-state index in [-0.39, 0.29) is 24.7 Å². The second-order valence-electron chi connectivity index (χ2n) is 12.0. The highest BCUT2D eigenvalue weighted by Gasteiger charge is 2.75. The lowest BCUT2D eigenvalue weighted by atomic mass is 9.65. The highest BCUT2D eigenvalue weighted by molar-refractivity contribution is 6.23. The molecule has 3 N–H and O–H groups in total. The first-order chi connectivity index (χ1) is 23.3. The number of nitrogens with two attached hydrogens (primary N) is 1. The number of anilines is 1. The van der Waals surface area contributed by atoms with Gasteiger partial charge in [-0.05, 0) is 40.5 Å². The number of morpholine rings is 1. The summed E-state index contributed by atoms with van der Waals surface area (Å²) in [5.74, 6) is -3.90. The van der Waals surface area contributed by atoms with Crippen LogP contribution >= 0.6 is 0 Å². The molecule has 11 nitrogen and oxygen atoms in total. The highest BCUT2D eigenvalue weighted by Crippen LogP contribution is 2.65. The summed E-state index contributed by atoms with van der Waals surface area (Å²) >= 11 is 0. The van der Waals surface area contributed by atoms with Gasteiger partial charge in [-0.15, -0.1) is 0 Å². The van der Waals surface area contributed by atoms with E-state index in [9.17, 15) is 19.5 Å². The summed E-state index contributed by atoms with van der Waals surface area (Å²) in [5.41, 5.74) is 6.89. The number of phenolic OH excluding ortho intramolecular Hbond substituents is 1. The molecule has 0 aromatic heterocycles. The molecular formula is C37H33N3O8. The summed E-state index contributed by atoms with van der Waals surface area (Å²) in [6, 6.07) is 28.5. The van der Waals surface area contributed by atoms with E-state index in [1.54, 1.807) is 36.4 Å². The summed E-state index contributed by atoms with van der Waals surface area (Å²) in [4.78, 5) is 59.9. The summed E-state index contributed by atoms with van der Waals surface area (Å²) in [7, 11) is 1.46. The van der Waals surface area contributed by atoms with Crippen molar-refractivity contribution in [1.82, 2.24) is 4.90 Å². The van der Waals surface area contributed by atoms with Crippen LogP contribution in [0.25, 0.3) is 0 Å². The molecule has 1 spiro atoms. The SMILES string of the molecule is COCCOC(=O)N1C(=O)[C@@]2(c3ccccc31)[C@H](c1ccc(O)cc1)N1[C@H](c3ccccc3)[C@H](c3ccccc3)OC(=O)[C@H]1[C@@H]2C(N)=O. The normalized spacial score (nSPS) is 26.2. The van der Waals surface area contributed by atoms with Crippen LogP contribution in [0.4, 0.5) is 10.5 Å². The first-order valence-electron chi connectivity index (χ1n) is 15.6. The smallest absolute Gasteiger partial charge is 0.421 e. The van der Waals surface area contributed by atoms with Crippen LogP contribution in [0.1, 0.15) is 40.4 Å². The third-order valence-corrected chi connectivity index (χ3v) is 9.58. The maximum atomic E-state index is 15.2. The fourth-order valence-electron chi connectivity index (χ4n) is 7.81. The largest absolute Gasteiger partial charge is 0.508 e. The highest BCUT2D eigenvalue weighted by atomic mass is 16.6. The number of cyclic esters (lactones) is 1. The van der Waals surface area contributed by atoms with Crippen LogP contribution < -0.4 is 10.6 Å². The minimum absolute atomic E-state index is 0.0184. The predicted octanol–water partition coefficient (Wildman–Crippen LogP) is 4.33. The van der Waals surface area contributed by atoms with Crippen molar-refractivity contribution in [3.05, 3.63) is 131 Å². The number of phenols is 1. The van der Waals surface area contributed by atoms with Crippen molar-refractivity contribution in [2.24, 2.45) is 11.7 Å². The van der Waals surface area contributed by atoms with Gasteiger partial charge in [0.2, 0.25) is 11.8 Å². The van der Waals surface area contributed by atoms with Crippen LogP contribution in [0.3, 0.4) is 0 Å². The van der Waals surface area contributed by atoms with E-state index >= 15 is 4.79 Å². The van der Waals surface area contributed by atoms with Gasteiger partial charge >= 0.3 is 12.1 Å². The lowest BCUT2D eigenvalue weighted by Crippen LogP contribution is -2.55. The number of amides is 3. The zero-order chi connectivity index (χ0) is 33.6. The molecule has 0 bridgehead atoms. The Hall–Kier alpha value is -5.52. The molecule has 48 heavy (non-hydrogen) atoms. The summed E-state index contributed by atoms with van der Waals surface area (Å²) in [5, 5.41) is 10.3. The molecule has 3 heterocycles. The van der Waals surface area contributed by atoms with Crippen LogP contribution in [0.15, 0.2) is 109 Å². The van der Waals surface area contributed by atoms with Crippen LogP contribution in [-0.2, 0) is 34.0 Å². The number of carbonyl (C=O) groups is 4. The van der Waals surface area contributed by atoms with Gasteiger partial charge in [-0.2, -0.15) is 0 Å². The molecule has 2 saturated heterocycles. The quantitative estimate of drug-likeness (QED) is 0.221. The molecule has 3 amide bonds. The molecule has 0 radical (unpaired) electrons. The summed E-state index contributed by atoms with van der Waals surface area (Å²) < 4.78 is 16.7. The molecule has 7 rings (SSSR count). The second-order valence-corrected chi connectivity index (χ2v) is 12.0. The van der Waals surface area contributed by atoms with Crippen molar-refractivity contribution in [3.8, 4) is 5.75 Å². The zero-order valence-corrected chi connectivity index (χ0v) is 26.0. The number of ether oxygens (including phenoxy) is 3.